The van der Waals surface area contributed by atoms with E-state index in [1.54, 1.807) is 0 Å². The second-order valence-electron chi connectivity index (χ2n) is 6.17. The molecule has 0 saturated carbocycles. The third kappa shape index (κ3) is 3.82. The zero-order chi connectivity index (χ0) is 14.6. The first-order chi connectivity index (χ1) is 9.50. The molecule has 0 aromatic carbocycles. The van der Waals surface area contributed by atoms with Gasteiger partial charge in [-0.15, -0.1) is 0 Å². The molecule has 0 aliphatic carbocycles. The van der Waals surface area contributed by atoms with Gasteiger partial charge in [-0.3, -0.25) is 0 Å². The Morgan fingerprint density at radius 2 is 2.05 bits per heavy atom. The molecule has 0 spiro atoms. The van der Waals surface area contributed by atoms with Gasteiger partial charge in [-0.2, -0.15) is 0 Å². The maximum Gasteiger partial charge on any atom is 0.138 e. The molecule has 1 aliphatic rings. The summed E-state index contributed by atoms with van der Waals surface area (Å²) in [6, 6.07) is 2.05. The first kappa shape index (κ1) is 15.0. The summed E-state index contributed by atoms with van der Waals surface area (Å²) in [4.78, 5) is 11.7. The second kappa shape index (κ2) is 6.39. The van der Waals surface area contributed by atoms with Crippen LogP contribution in [0, 0.1) is 0 Å². The average molecular weight is 278 g/mol. The summed E-state index contributed by atoms with van der Waals surface area (Å²) in [6.45, 7) is 12.9. The van der Waals surface area contributed by atoms with Crippen LogP contribution in [0.3, 0.4) is 0 Å². The first-order valence-electron chi connectivity index (χ1n) is 7.47. The Bertz CT molecular complexity index is 434. The zero-order valence-corrected chi connectivity index (χ0v) is 13.1. The van der Waals surface area contributed by atoms with Crippen molar-refractivity contribution in [2.45, 2.75) is 39.5 Å². The van der Waals surface area contributed by atoms with Crippen LogP contribution in [0.2, 0.25) is 0 Å². The van der Waals surface area contributed by atoms with Crippen molar-refractivity contribution in [1.29, 1.82) is 0 Å². The van der Waals surface area contributed by atoms with Gasteiger partial charge < -0.3 is 15.0 Å². The fourth-order valence-electron chi connectivity index (χ4n) is 2.18. The Morgan fingerprint density at radius 1 is 1.25 bits per heavy atom. The van der Waals surface area contributed by atoms with Crippen molar-refractivity contribution in [1.82, 2.24) is 9.97 Å². The van der Waals surface area contributed by atoms with Crippen LogP contribution in [0.4, 0.5) is 11.6 Å². The third-order valence-corrected chi connectivity index (χ3v) is 3.29. The lowest BCUT2D eigenvalue weighted by molar-refractivity contribution is 0.152. The van der Waals surface area contributed by atoms with Crippen molar-refractivity contribution >= 4 is 11.6 Å². The largest absolute Gasteiger partial charge is 0.380 e. The molecular weight excluding hydrogens is 252 g/mol. The van der Waals surface area contributed by atoms with Crippen LogP contribution in [0.1, 0.15) is 39.9 Å². The number of rotatable bonds is 3. The Morgan fingerprint density at radius 3 is 2.75 bits per heavy atom. The second-order valence-corrected chi connectivity index (χ2v) is 6.17. The molecule has 1 fully saturated rings. The fraction of sp³-hybridized carbons (Fsp3) is 0.733. The van der Waals surface area contributed by atoms with Gasteiger partial charge in [0.15, 0.2) is 0 Å². The predicted octanol–water partition coefficient (Wildman–Crippen LogP) is 2.43. The molecule has 5 nitrogen and oxygen atoms in total. The topological polar surface area (TPSA) is 50.3 Å². The third-order valence-electron chi connectivity index (χ3n) is 3.29. The van der Waals surface area contributed by atoms with Crippen molar-refractivity contribution in [2.75, 3.05) is 43.1 Å². The van der Waals surface area contributed by atoms with Crippen LogP contribution < -0.4 is 10.2 Å². The SMILES string of the molecule is CCNc1cc(N2CCCOCC2)nc(C(C)(C)C)n1. The summed E-state index contributed by atoms with van der Waals surface area (Å²) < 4.78 is 5.52. The van der Waals surface area contributed by atoms with Gasteiger partial charge in [0.1, 0.15) is 17.5 Å². The Labute approximate surface area is 121 Å². The van der Waals surface area contributed by atoms with E-state index < -0.39 is 0 Å². The van der Waals surface area contributed by atoms with Crippen molar-refractivity contribution < 1.29 is 4.74 Å². The van der Waals surface area contributed by atoms with E-state index in [0.29, 0.717) is 0 Å². The van der Waals surface area contributed by atoms with E-state index in [0.717, 1.165) is 56.7 Å². The normalized spacial score (nSPS) is 16.9. The van der Waals surface area contributed by atoms with E-state index in [1.807, 2.05) is 6.07 Å². The number of ether oxygens (including phenoxy) is 1. The molecule has 5 heteroatoms. The fourth-order valence-corrected chi connectivity index (χ4v) is 2.18. The van der Waals surface area contributed by atoms with Crippen molar-refractivity contribution in [3.05, 3.63) is 11.9 Å². The van der Waals surface area contributed by atoms with Crippen molar-refractivity contribution in [2.24, 2.45) is 0 Å². The van der Waals surface area contributed by atoms with Crippen LogP contribution in [-0.4, -0.2) is 42.8 Å². The smallest absolute Gasteiger partial charge is 0.138 e. The highest BCUT2D eigenvalue weighted by atomic mass is 16.5. The molecule has 2 heterocycles. The van der Waals surface area contributed by atoms with Gasteiger partial charge in [0, 0.05) is 37.7 Å². The highest BCUT2D eigenvalue weighted by Gasteiger charge is 2.21. The molecule has 1 aliphatic heterocycles. The van der Waals surface area contributed by atoms with E-state index in [9.17, 15) is 0 Å². The van der Waals surface area contributed by atoms with Crippen LogP contribution in [-0.2, 0) is 10.2 Å². The minimum Gasteiger partial charge on any atom is -0.380 e. The van der Waals surface area contributed by atoms with E-state index in [4.69, 9.17) is 9.72 Å². The summed E-state index contributed by atoms with van der Waals surface area (Å²) in [5.41, 5.74) is -0.0530. The number of aromatic nitrogens is 2. The molecule has 1 saturated heterocycles. The number of hydrogen-bond acceptors (Lipinski definition) is 5. The molecule has 20 heavy (non-hydrogen) atoms. The van der Waals surface area contributed by atoms with Crippen LogP contribution in [0.5, 0.6) is 0 Å². The summed E-state index contributed by atoms with van der Waals surface area (Å²) in [5, 5.41) is 3.31. The lowest BCUT2D eigenvalue weighted by Crippen LogP contribution is -2.28. The monoisotopic (exact) mass is 278 g/mol. The van der Waals surface area contributed by atoms with E-state index in [2.05, 4.69) is 42.9 Å². The molecule has 0 radical (unpaired) electrons. The van der Waals surface area contributed by atoms with Gasteiger partial charge in [-0.25, -0.2) is 9.97 Å². The summed E-state index contributed by atoms with van der Waals surface area (Å²) in [6.07, 6.45) is 1.05. The Kier molecular flexibility index (Phi) is 4.81. The molecule has 0 amide bonds. The van der Waals surface area contributed by atoms with Crippen molar-refractivity contribution in [3.63, 3.8) is 0 Å². The van der Waals surface area contributed by atoms with Gasteiger partial charge >= 0.3 is 0 Å². The summed E-state index contributed by atoms with van der Waals surface area (Å²) >= 11 is 0. The van der Waals surface area contributed by atoms with Gasteiger partial charge in [0.2, 0.25) is 0 Å². The molecular formula is C15H26N4O. The summed E-state index contributed by atoms with van der Waals surface area (Å²) in [7, 11) is 0. The molecule has 1 aromatic rings. The van der Waals surface area contributed by atoms with E-state index in [1.165, 1.54) is 0 Å². The van der Waals surface area contributed by atoms with Crippen LogP contribution in [0.25, 0.3) is 0 Å². The highest BCUT2D eigenvalue weighted by molar-refractivity contribution is 5.50. The lowest BCUT2D eigenvalue weighted by atomic mass is 9.96. The van der Waals surface area contributed by atoms with Gasteiger partial charge in [-0.1, -0.05) is 20.8 Å². The summed E-state index contributed by atoms with van der Waals surface area (Å²) in [5.74, 6) is 2.80. The zero-order valence-electron chi connectivity index (χ0n) is 13.1. The van der Waals surface area contributed by atoms with E-state index >= 15 is 0 Å². The molecule has 1 aromatic heterocycles. The molecule has 2 rings (SSSR count). The number of anilines is 2. The predicted molar refractivity (Wildman–Crippen MR) is 82.5 cm³/mol. The molecule has 0 unspecified atom stereocenters. The van der Waals surface area contributed by atoms with Crippen LogP contribution >= 0.6 is 0 Å². The number of nitrogens with zero attached hydrogens (tertiary/aromatic N) is 3. The Balaban J connectivity index is 2.32. The minimum atomic E-state index is -0.0530. The minimum absolute atomic E-state index is 0.0530. The van der Waals surface area contributed by atoms with Gasteiger partial charge in [0.25, 0.3) is 0 Å². The number of nitrogens with one attached hydrogen (secondary N) is 1. The lowest BCUT2D eigenvalue weighted by Gasteiger charge is -2.25. The van der Waals surface area contributed by atoms with Gasteiger partial charge in [0.05, 0.1) is 6.61 Å². The van der Waals surface area contributed by atoms with E-state index in [-0.39, 0.29) is 5.41 Å². The molecule has 0 bridgehead atoms. The quantitative estimate of drug-likeness (QED) is 0.920. The standard InChI is InChI=1S/C15H26N4O/c1-5-16-12-11-13(18-14(17-12)15(2,3)4)19-7-6-9-20-10-8-19/h11H,5-10H2,1-4H3,(H,16,17,18). The maximum absolute atomic E-state index is 5.52. The maximum atomic E-state index is 5.52. The van der Waals surface area contributed by atoms with Gasteiger partial charge in [-0.05, 0) is 13.3 Å². The highest BCUT2D eigenvalue weighted by Crippen LogP contribution is 2.24. The molecule has 112 valence electrons. The van der Waals surface area contributed by atoms with Crippen molar-refractivity contribution in [3.8, 4) is 0 Å². The first-order valence-corrected chi connectivity index (χ1v) is 7.47. The molecule has 0 atom stereocenters. The van der Waals surface area contributed by atoms with Crippen LogP contribution in [0.15, 0.2) is 6.07 Å². The Hall–Kier alpha value is -1.36. The number of hydrogen-bond donors (Lipinski definition) is 1. The molecule has 1 N–H and O–H groups in total. The average Bonchev–Trinajstić information content (AvgIpc) is 2.66.